The van der Waals surface area contributed by atoms with Crippen LogP contribution in [-0.2, 0) is 4.74 Å². The van der Waals surface area contributed by atoms with E-state index in [0.717, 1.165) is 63.0 Å². The lowest BCUT2D eigenvalue weighted by Crippen LogP contribution is -2.31. The maximum Gasteiger partial charge on any atom is 0.227 e. The van der Waals surface area contributed by atoms with Crippen molar-refractivity contribution in [1.29, 1.82) is 0 Å². The lowest BCUT2D eigenvalue weighted by Gasteiger charge is -2.25. The molecule has 0 aromatic carbocycles. The normalized spacial score (nSPS) is 24.8. The van der Waals surface area contributed by atoms with Crippen molar-refractivity contribution < 1.29 is 9.15 Å². The fraction of sp³-hybridized carbons (Fsp3) is 0.529. The first-order valence-electron chi connectivity index (χ1n) is 8.37. The van der Waals surface area contributed by atoms with Crippen LogP contribution < -0.4 is 10.2 Å². The van der Waals surface area contributed by atoms with Crippen LogP contribution >= 0.6 is 0 Å². The zero-order valence-corrected chi connectivity index (χ0v) is 13.1. The molecule has 0 bridgehead atoms. The van der Waals surface area contributed by atoms with Gasteiger partial charge in [0.1, 0.15) is 11.6 Å². The Morgan fingerprint density at radius 3 is 3.04 bits per heavy atom. The summed E-state index contributed by atoms with van der Waals surface area (Å²) in [6.45, 7) is 2.57. The smallest absolute Gasteiger partial charge is 0.227 e. The van der Waals surface area contributed by atoms with Crippen LogP contribution in [0.2, 0.25) is 0 Å². The van der Waals surface area contributed by atoms with Crippen LogP contribution in [0.1, 0.15) is 37.5 Å². The molecule has 0 aliphatic carbocycles. The van der Waals surface area contributed by atoms with E-state index >= 15 is 0 Å². The minimum absolute atomic E-state index is 0.235. The molecule has 6 heteroatoms. The third-order valence-corrected chi connectivity index (χ3v) is 4.54. The van der Waals surface area contributed by atoms with Crippen LogP contribution in [0.15, 0.2) is 35.1 Å². The van der Waals surface area contributed by atoms with Gasteiger partial charge in [0.05, 0.1) is 25.0 Å². The number of furan rings is 1. The van der Waals surface area contributed by atoms with Crippen molar-refractivity contribution in [2.24, 2.45) is 0 Å². The van der Waals surface area contributed by atoms with Gasteiger partial charge in [0, 0.05) is 19.3 Å². The first kappa shape index (κ1) is 14.5. The Hall–Kier alpha value is -2.08. The monoisotopic (exact) mass is 314 g/mol. The molecule has 2 fully saturated rings. The number of nitrogens with one attached hydrogen (secondary N) is 1. The van der Waals surface area contributed by atoms with Gasteiger partial charge < -0.3 is 19.4 Å². The van der Waals surface area contributed by atoms with Gasteiger partial charge in [0.15, 0.2) is 0 Å². The molecule has 2 atom stereocenters. The Balaban J connectivity index is 1.51. The maximum absolute atomic E-state index is 5.59. The largest absolute Gasteiger partial charge is 0.467 e. The molecular weight excluding hydrogens is 292 g/mol. The van der Waals surface area contributed by atoms with Crippen molar-refractivity contribution in [1.82, 2.24) is 9.97 Å². The van der Waals surface area contributed by atoms with Crippen LogP contribution in [-0.4, -0.2) is 35.8 Å². The number of rotatable bonds is 4. The second kappa shape index (κ2) is 6.58. The van der Waals surface area contributed by atoms with E-state index in [4.69, 9.17) is 14.1 Å². The Labute approximate surface area is 135 Å². The van der Waals surface area contributed by atoms with E-state index in [1.54, 1.807) is 6.26 Å². The van der Waals surface area contributed by atoms with Gasteiger partial charge in [-0.2, -0.15) is 4.98 Å². The SMILES string of the molecule is c1coc([C@@H]2CCCN2c2nccc(N[C@H]3CCCOC3)n2)c1. The zero-order chi connectivity index (χ0) is 15.5. The molecule has 4 rings (SSSR count). The van der Waals surface area contributed by atoms with Crippen molar-refractivity contribution >= 4 is 11.8 Å². The predicted molar refractivity (Wildman–Crippen MR) is 87.5 cm³/mol. The standard InChI is InChI=1S/C17H22N4O2/c1-5-14(15-6-3-11-23-15)21(9-1)17-18-8-7-16(20-17)19-13-4-2-10-22-12-13/h3,6-8,11,13-14H,1-2,4-5,9-10,12H2,(H,18,19,20)/t13-,14-/m0/s1. The molecule has 0 amide bonds. The Bertz CT molecular complexity index is 625. The van der Waals surface area contributed by atoms with E-state index in [0.29, 0.717) is 6.04 Å². The summed E-state index contributed by atoms with van der Waals surface area (Å²) < 4.78 is 11.1. The van der Waals surface area contributed by atoms with Crippen LogP contribution in [0.3, 0.4) is 0 Å². The number of hydrogen-bond donors (Lipinski definition) is 1. The van der Waals surface area contributed by atoms with Crippen LogP contribution in [0.4, 0.5) is 11.8 Å². The molecule has 122 valence electrons. The van der Waals surface area contributed by atoms with E-state index < -0.39 is 0 Å². The summed E-state index contributed by atoms with van der Waals surface area (Å²) in [5.74, 6) is 2.63. The van der Waals surface area contributed by atoms with E-state index in [1.807, 2.05) is 24.4 Å². The third kappa shape index (κ3) is 3.17. The quantitative estimate of drug-likeness (QED) is 0.936. The van der Waals surface area contributed by atoms with Gasteiger partial charge in [-0.1, -0.05) is 0 Å². The predicted octanol–water partition coefficient (Wildman–Crippen LogP) is 3.00. The van der Waals surface area contributed by atoms with Gasteiger partial charge in [0.25, 0.3) is 0 Å². The molecule has 4 heterocycles. The van der Waals surface area contributed by atoms with Gasteiger partial charge >= 0.3 is 0 Å². The molecule has 23 heavy (non-hydrogen) atoms. The molecule has 2 aliphatic rings. The summed E-state index contributed by atoms with van der Waals surface area (Å²) in [4.78, 5) is 11.4. The summed E-state index contributed by atoms with van der Waals surface area (Å²) >= 11 is 0. The zero-order valence-electron chi connectivity index (χ0n) is 13.1. The molecule has 0 unspecified atom stereocenters. The average Bonchev–Trinajstić information content (AvgIpc) is 3.27. The van der Waals surface area contributed by atoms with Gasteiger partial charge in [-0.25, -0.2) is 4.98 Å². The summed E-state index contributed by atoms with van der Waals surface area (Å²) in [6, 6.07) is 6.47. The average molecular weight is 314 g/mol. The second-order valence-corrected chi connectivity index (χ2v) is 6.17. The van der Waals surface area contributed by atoms with E-state index in [-0.39, 0.29) is 6.04 Å². The fourth-order valence-electron chi connectivity index (χ4n) is 3.41. The lowest BCUT2D eigenvalue weighted by atomic mass is 10.1. The first-order chi connectivity index (χ1) is 11.4. The van der Waals surface area contributed by atoms with E-state index in [1.165, 1.54) is 0 Å². The molecular formula is C17H22N4O2. The minimum Gasteiger partial charge on any atom is -0.467 e. The Morgan fingerprint density at radius 1 is 1.22 bits per heavy atom. The number of ether oxygens (including phenoxy) is 1. The Morgan fingerprint density at radius 2 is 2.22 bits per heavy atom. The highest BCUT2D eigenvalue weighted by molar-refractivity contribution is 5.44. The summed E-state index contributed by atoms with van der Waals surface area (Å²) in [5.41, 5.74) is 0. The summed E-state index contributed by atoms with van der Waals surface area (Å²) in [5, 5.41) is 3.47. The molecule has 2 aromatic heterocycles. The molecule has 2 aromatic rings. The minimum atomic E-state index is 0.235. The van der Waals surface area contributed by atoms with Crippen LogP contribution in [0, 0.1) is 0 Å². The van der Waals surface area contributed by atoms with E-state index in [2.05, 4.69) is 15.2 Å². The number of nitrogens with zero attached hydrogens (tertiary/aromatic N) is 3. The topological polar surface area (TPSA) is 63.4 Å². The number of anilines is 2. The fourth-order valence-corrected chi connectivity index (χ4v) is 3.41. The Kier molecular flexibility index (Phi) is 4.15. The van der Waals surface area contributed by atoms with E-state index in [9.17, 15) is 0 Å². The third-order valence-electron chi connectivity index (χ3n) is 4.54. The van der Waals surface area contributed by atoms with Gasteiger partial charge in [-0.3, -0.25) is 0 Å². The lowest BCUT2D eigenvalue weighted by molar-refractivity contribution is 0.0875. The summed E-state index contributed by atoms with van der Waals surface area (Å²) in [7, 11) is 0. The molecule has 0 radical (unpaired) electrons. The van der Waals surface area contributed by atoms with Crippen molar-refractivity contribution in [3.63, 3.8) is 0 Å². The highest BCUT2D eigenvalue weighted by atomic mass is 16.5. The highest BCUT2D eigenvalue weighted by Gasteiger charge is 2.30. The first-order valence-corrected chi connectivity index (χ1v) is 8.37. The van der Waals surface area contributed by atoms with Crippen molar-refractivity contribution in [3.8, 4) is 0 Å². The maximum atomic E-state index is 5.59. The number of hydrogen-bond acceptors (Lipinski definition) is 6. The van der Waals surface area contributed by atoms with Crippen molar-refractivity contribution in [3.05, 3.63) is 36.4 Å². The second-order valence-electron chi connectivity index (χ2n) is 6.17. The number of aromatic nitrogens is 2. The van der Waals surface area contributed by atoms with Gasteiger partial charge in [-0.15, -0.1) is 0 Å². The highest BCUT2D eigenvalue weighted by Crippen LogP contribution is 2.34. The molecule has 0 saturated carbocycles. The molecule has 2 saturated heterocycles. The van der Waals surface area contributed by atoms with Gasteiger partial charge in [-0.05, 0) is 43.9 Å². The summed E-state index contributed by atoms with van der Waals surface area (Å²) in [6.07, 6.45) is 7.98. The van der Waals surface area contributed by atoms with Gasteiger partial charge in [0.2, 0.25) is 5.95 Å². The molecule has 0 spiro atoms. The van der Waals surface area contributed by atoms with Crippen LogP contribution in [0.5, 0.6) is 0 Å². The van der Waals surface area contributed by atoms with Crippen molar-refractivity contribution in [2.75, 3.05) is 30.0 Å². The van der Waals surface area contributed by atoms with Crippen LogP contribution in [0.25, 0.3) is 0 Å². The molecule has 2 aliphatic heterocycles. The van der Waals surface area contributed by atoms with Crippen molar-refractivity contribution in [2.45, 2.75) is 37.8 Å². The molecule has 6 nitrogen and oxygen atoms in total. The molecule has 1 N–H and O–H groups in total.